The quantitative estimate of drug-likeness (QED) is 0.786. The van der Waals surface area contributed by atoms with E-state index in [1.54, 1.807) is 8.61 Å². The van der Waals surface area contributed by atoms with Crippen molar-refractivity contribution in [3.63, 3.8) is 0 Å². The molecule has 2 aliphatic heterocycles. The molecule has 0 spiro atoms. The van der Waals surface area contributed by atoms with Gasteiger partial charge in [-0.3, -0.25) is 0 Å². The summed E-state index contributed by atoms with van der Waals surface area (Å²) in [6, 6.07) is 0.0891. The van der Waals surface area contributed by atoms with Gasteiger partial charge < -0.3 is 10.5 Å². The van der Waals surface area contributed by atoms with Crippen LogP contribution in [0.15, 0.2) is 0 Å². The lowest BCUT2D eigenvalue weighted by Gasteiger charge is -2.41. The Kier molecular flexibility index (Phi) is 4.52. The van der Waals surface area contributed by atoms with Crippen LogP contribution in [-0.4, -0.2) is 61.0 Å². The van der Waals surface area contributed by atoms with Gasteiger partial charge in [0.15, 0.2) is 0 Å². The number of piperidine rings is 1. The highest BCUT2D eigenvalue weighted by Gasteiger charge is 2.39. The first-order chi connectivity index (χ1) is 8.80. The topological polar surface area (TPSA) is 75.9 Å². The van der Waals surface area contributed by atoms with E-state index in [1.165, 1.54) is 0 Å². The van der Waals surface area contributed by atoms with Crippen LogP contribution in [0.5, 0.6) is 0 Å². The molecule has 2 fully saturated rings. The van der Waals surface area contributed by atoms with Crippen LogP contribution in [0.3, 0.4) is 0 Å². The SMILES string of the molecule is CC1CN(S(=O)(=O)N2CCC(N)CC2C)CC(C)O1. The van der Waals surface area contributed by atoms with Crippen LogP contribution in [0.2, 0.25) is 0 Å². The molecule has 0 saturated carbocycles. The summed E-state index contributed by atoms with van der Waals surface area (Å²) in [6.07, 6.45) is 1.36. The lowest BCUT2D eigenvalue weighted by molar-refractivity contribution is -0.0459. The minimum atomic E-state index is -3.39. The highest BCUT2D eigenvalue weighted by Crippen LogP contribution is 2.24. The van der Waals surface area contributed by atoms with Crippen LogP contribution in [0.4, 0.5) is 0 Å². The van der Waals surface area contributed by atoms with Crippen molar-refractivity contribution in [2.24, 2.45) is 5.73 Å². The maximum absolute atomic E-state index is 12.7. The lowest BCUT2D eigenvalue weighted by Crippen LogP contribution is -2.57. The monoisotopic (exact) mass is 291 g/mol. The first-order valence-corrected chi connectivity index (χ1v) is 8.38. The number of ether oxygens (including phenoxy) is 1. The van der Waals surface area contributed by atoms with Crippen molar-refractivity contribution in [1.29, 1.82) is 0 Å². The molecule has 7 heteroatoms. The van der Waals surface area contributed by atoms with Gasteiger partial charge in [0.2, 0.25) is 0 Å². The molecule has 4 atom stereocenters. The summed E-state index contributed by atoms with van der Waals surface area (Å²) >= 11 is 0. The summed E-state index contributed by atoms with van der Waals surface area (Å²) in [4.78, 5) is 0. The van der Waals surface area contributed by atoms with E-state index < -0.39 is 10.2 Å². The molecule has 0 aromatic carbocycles. The molecule has 2 N–H and O–H groups in total. The summed E-state index contributed by atoms with van der Waals surface area (Å²) in [5, 5.41) is 0. The predicted molar refractivity (Wildman–Crippen MR) is 73.9 cm³/mol. The van der Waals surface area contributed by atoms with Crippen LogP contribution in [-0.2, 0) is 14.9 Å². The van der Waals surface area contributed by atoms with Crippen LogP contribution >= 0.6 is 0 Å². The van der Waals surface area contributed by atoms with Crippen LogP contribution in [0.1, 0.15) is 33.6 Å². The smallest absolute Gasteiger partial charge is 0.282 e. The van der Waals surface area contributed by atoms with Gasteiger partial charge in [-0.25, -0.2) is 0 Å². The zero-order valence-electron chi connectivity index (χ0n) is 11.9. The van der Waals surface area contributed by atoms with E-state index in [2.05, 4.69) is 0 Å². The van der Waals surface area contributed by atoms with Gasteiger partial charge in [-0.2, -0.15) is 17.0 Å². The van der Waals surface area contributed by atoms with E-state index in [9.17, 15) is 8.42 Å². The molecule has 0 amide bonds. The van der Waals surface area contributed by atoms with Gasteiger partial charge >= 0.3 is 0 Å². The van der Waals surface area contributed by atoms with E-state index >= 15 is 0 Å². The average molecular weight is 291 g/mol. The third-order valence-electron chi connectivity index (χ3n) is 3.86. The molecule has 0 aromatic rings. The van der Waals surface area contributed by atoms with Crippen molar-refractivity contribution in [2.45, 2.75) is 57.9 Å². The van der Waals surface area contributed by atoms with Crippen LogP contribution in [0, 0.1) is 0 Å². The molecule has 2 heterocycles. The van der Waals surface area contributed by atoms with E-state index in [1.807, 2.05) is 20.8 Å². The van der Waals surface area contributed by atoms with E-state index in [0.717, 1.165) is 12.8 Å². The van der Waals surface area contributed by atoms with E-state index in [-0.39, 0.29) is 24.3 Å². The normalized spacial score (nSPS) is 39.4. The van der Waals surface area contributed by atoms with Crippen LogP contribution < -0.4 is 5.73 Å². The van der Waals surface area contributed by atoms with Crippen molar-refractivity contribution in [1.82, 2.24) is 8.61 Å². The molecule has 4 unspecified atom stereocenters. The second kappa shape index (κ2) is 5.65. The number of nitrogens with two attached hydrogens (primary N) is 1. The fourth-order valence-corrected chi connectivity index (χ4v) is 4.97. The number of morpholine rings is 1. The third-order valence-corrected chi connectivity index (χ3v) is 5.95. The lowest BCUT2D eigenvalue weighted by atomic mass is 10.0. The molecule has 0 bridgehead atoms. The van der Waals surface area contributed by atoms with Gasteiger partial charge in [-0.15, -0.1) is 0 Å². The summed E-state index contributed by atoms with van der Waals surface area (Å²) in [6.45, 7) is 7.14. The molecule has 19 heavy (non-hydrogen) atoms. The zero-order valence-corrected chi connectivity index (χ0v) is 12.8. The Morgan fingerprint density at radius 2 is 1.74 bits per heavy atom. The molecular weight excluding hydrogens is 266 g/mol. The minimum Gasteiger partial charge on any atom is -0.373 e. The molecule has 0 aliphatic carbocycles. The first-order valence-electron chi connectivity index (χ1n) is 6.98. The van der Waals surface area contributed by atoms with Gasteiger partial charge in [0.1, 0.15) is 0 Å². The van der Waals surface area contributed by atoms with Crippen LogP contribution in [0.25, 0.3) is 0 Å². The zero-order chi connectivity index (χ0) is 14.2. The second-order valence-electron chi connectivity index (χ2n) is 5.83. The maximum atomic E-state index is 12.7. The number of hydrogen-bond acceptors (Lipinski definition) is 4. The largest absolute Gasteiger partial charge is 0.373 e. The minimum absolute atomic E-state index is 0.0257. The van der Waals surface area contributed by atoms with Crippen molar-refractivity contribution >= 4 is 10.2 Å². The molecule has 2 rings (SSSR count). The predicted octanol–water partition coefficient (Wildman–Crippen LogP) is 0.152. The summed E-state index contributed by atoms with van der Waals surface area (Å²) in [5.74, 6) is 0. The van der Waals surface area contributed by atoms with Gasteiger partial charge in [0.05, 0.1) is 12.2 Å². The fraction of sp³-hybridized carbons (Fsp3) is 1.00. The maximum Gasteiger partial charge on any atom is 0.282 e. The number of rotatable bonds is 2. The molecule has 0 aromatic heterocycles. The van der Waals surface area contributed by atoms with Gasteiger partial charge in [0, 0.05) is 31.7 Å². The average Bonchev–Trinajstić information content (AvgIpc) is 2.26. The molecule has 6 nitrogen and oxygen atoms in total. The highest BCUT2D eigenvalue weighted by atomic mass is 32.2. The molecule has 0 radical (unpaired) electrons. The molecule has 2 saturated heterocycles. The number of nitrogens with zero attached hydrogens (tertiary/aromatic N) is 2. The second-order valence-corrected chi connectivity index (χ2v) is 7.71. The van der Waals surface area contributed by atoms with Gasteiger partial charge in [-0.1, -0.05) is 0 Å². The van der Waals surface area contributed by atoms with Gasteiger partial charge in [0.25, 0.3) is 10.2 Å². The van der Waals surface area contributed by atoms with Crippen molar-refractivity contribution in [3.05, 3.63) is 0 Å². The van der Waals surface area contributed by atoms with E-state index in [0.29, 0.717) is 19.6 Å². The Bertz CT molecular complexity index is 404. The highest BCUT2D eigenvalue weighted by molar-refractivity contribution is 7.86. The Morgan fingerprint density at radius 3 is 2.26 bits per heavy atom. The van der Waals surface area contributed by atoms with Crippen molar-refractivity contribution in [3.8, 4) is 0 Å². The standard InChI is InChI=1S/C12H25N3O3S/c1-9-6-12(13)4-5-15(9)19(16,17)14-7-10(2)18-11(3)8-14/h9-12H,4-8,13H2,1-3H3. The Hall–Kier alpha value is -0.210. The Balaban J connectivity index is 2.13. The van der Waals surface area contributed by atoms with Crippen molar-refractivity contribution < 1.29 is 13.2 Å². The third kappa shape index (κ3) is 3.28. The summed E-state index contributed by atoms with van der Waals surface area (Å²) in [7, 11) is -3.39. The molecular formula is C12H25N3O3S. The van der Waals surface area contributed by atoms with E-state index in [4.69, 9.17) is 10.5 Å². The number of hydrogen-bond donors (Lipinski definition) is 1. The summed E-state index contributed by atoms with van der Waals surface area (Å²) < 4.78 is 34.2. The summed E-state index contributed by atoms with van der Waals surface area (Å²) in [5.41, 5.74) is 5.90. The first kappa shape index (κ1) is 15.2. The Labute approximate surface area is 116 Å². The fourth-order valence-electron chi connectivity index (χ4n) is 3.00. The Morgan fingerprint density at radius 1 is 1.16 bits per heavy atom. The van der Waals surface area contributed by atoms with Crippen molar-refractivity contribution in [2.75, 3.05) is 19.6 Å². The molecule has 112 valence electrons. The van der Waals surface area contributed by atoms with Gasteiger partial charge in [-0.05, 0) is 33.6 Å². The molecule has 2 aliphatic rings.